The quantitative estimate of drug-likeness (QED) is 0.701. The molecule has 158 valence electrons. The Labute approximate surface area is 171 Å². The van der Waals surface area contributed by atoms with Crippen molar-refractivity contribution in [1.29, 1.82) is 0 Å². The Morgan fingerprint density at radius 1 is 1.00 bits per heavy atom. The fraction of sp³-hybridized carbons (Fsp3) is 0.450. The van der Waals surface area contributed by atoms with Gasteiger partial charge in [-0.25, -0.2) is 13.4 Å². The van der Waals surface area contributed by atoms with Gasteiger partial charge in [0.05, 0.1) is 21.3 Å². The van der Waals surface area contributed by atoms with Gasteiger partial charge in [0.2, 0.25) is 15.8 Å². The molecule has 2 aromatic rings. The highest BCUT2D eigenvalue weighted by molar-refractivity contribution is 7.89. The number of ether oxygens (including phenoxy) is 3. The molecule has 0 atom stereocenters. The van der Waals surface area contributed by atoms with Gasteiger partial charge in [-0.2, -0.15) is 4.31 Å². The third kappa shape index (κ3) is 4.73. The van der Waals surface area contributed by atoms with Gasteiger partial charge in [0.1, 0.15) is 10.7 Å². The van der Waals surface area contributed by atoms with Crippen molar-refractivity contribution in [2.45, 2.75) is 30.7 Å². The summed E-state index contributed by atoms with van der Waals surface area (Å²) < 4.78 is 43.0. The molecule has 0 aliphatic carbocycles. The number of nitrogens with one attached hydrogen (secondary N) is 1. The number of pyridine rings is 1. The summed E-state index contributed by atoms with van der Waals surface area (Å²) in [5.74, 6) is 2.25. The van der Waals surface area contributed by atoms with Crippen LogP contribution in [-0.2, 0) is 16.6 Å². The predicted octanol–water partition coefficient (Wildman–Crippen LogP) is 2.89. The Morgan fingerprint density at radius 3 is 2.17 bits per heavy atom. The van der Waals surface area contributed by atoms with Crippen LogP contribution in [0.25, 0.3) is 0 Å². The summed E-state index contributed by atoms with van der Waals surface area (Å²) in [4.78, 5) is 4.49. The molecule has 29 heavy (non-hydrogen) atoms. The number of hydrogen-bond acceptors (Lipinski definition) is 7. The molecule has 0 bridgehead atoms. The van der Waals surface area contributed by atoms with Crippen molar-refractivity contribution in [3.63, 3.8) is 0 Å². The lowest BCUT2D eigenvalue weighted by Crippen LogP contribution is -2.35. The molecule has 9 heteroatoms. The molecular formula is C20H27N3O5S. The van der Waals surface area contributed by atoms with E-state index < -0.39 is 10.0 Å². The zero-order valence-corrected chi connectivity index (χ0v) is 17.8. The Balaban J connectivity index is 1.70. The van der Waals surface area contributed by atoms with Crippen LogP contribution in [0, 0.1) is 0 Å². The number of methoxy groups -OCH3 is 3. The summed E-state index contributed by atoms with van der Waals surface area (Å²) in [5, 5.41) is 3.19. The van der Waals surface area contributed by atoms with Crippen LogP contribution in [0.2, 0.25) is 0 Å². The van der Waals surface area contributed by atoms with Crippen LogP contribution in [0.3, 0.4) is 0 Å². The molecule has 0 unspecified atom stereocenters. The number of benzene rings is 1. The van der Waals surface area contributed by atoms with Crippen LogP contribution in [0.15, 0.2) is 35.4 Å². The molecule has 2 heterocycles. The lowest BCUT2D eigenvalue weighted by Gasteiger charge is -2.25. The zero-order chi connectivity index (χ0) is 20.9. The van der Waals surface area contributed by atoms with E-state index >= 15 is 0 Å². The molecule has 1 aromatic carbocycles. The van der Waals surface area contributed by atoms with E-state index in [0.717, 1.165) is 24.8 Å². The first-order valence-electron chi connectivity index (χ1n) is 9.48. The van der Waals surface area contributed by atoms with Gasteiger partial charge < -0.3 is 19.5 Å². The van der Waals surface area contributed by atoms with Crippen molar-refractivity contribution in [2.24, 2.45) is 0 Å². The summed E-state index contributed by atoms with van der Waals surface area (Å²) in [6.07, 6.45) is 4.29. The molecule has 1 fully saturated rings. The van der Waals surface area contributed by atoms with E-state index in [0.29, 0.717) is 42.7 Å². The van der Waals surface area contributed by atoms with Crippen LogP contribution in [-0.4, -0.2) is 52.1 Å². The summed E-state index contributed by atoms with van der Waals surface area (Å²) in [6.45, 7) is 1.61. The number of anilines is 1. The molecule has 1 N–H and O–H groups in total. The number of piperidine rings is 1. The van der Waals surface area contributed by atoms with Gasteiger partial charge in [-0.1, -0.05) is 6.42 Å². The topological polar surface area (TPSA) is 90.0 Å². The SMILES string of the molecule is COc1cc(CNc2ccc(S(=O)(=O)N3CCCCC3)cn2)cc(OC)c1OC. The van der Waals surface area contributed by atoms with Crippen LogP contribution < -0.4 is 19.5 Å². The molecule has 1 saturated heterocycles. The minimum Gasteiger partial charge on any atom is -0.493 e. The molecule has 0 amide bonds. The minimum absolute atomic E-state index is 0.220. The standard InChI is InChI=1S/C20H27N3O5S/c1-26-17-11-15(12-18(27-2)20(17)28-3)13-21-19-8-7-16(14-22-19)29(24,25)23-9-5-4-6-10-23/h7-8,11-12,14H,4-6,9-10,13H2,1-3H3,(H,21,22). The molecule has 1 aliphatic heterocycles. The van der Waals surface area contributed by atoms with Crippen LogP contribution in [0.4, 0.5) is 5.82 Å². The molecule has 0 spiro atoms. The first-order valence-corrected chi connectivity index (χ1v) is 10.9. The molecule has 1 aliphatic rings. The monoisotopic (exact) mass is 421 g/mol. The van der Waals surface area contributed by atoms with Crippen molar-refractivity contribution < 1.29 is 22.6 Å². The Bertz CT molecular complexity index is 901. The van der Waals surface area contributed by atoms with Gasteiger partial charge >= 0.3 is 0 Å². The highest BCUT2D eigenvalue weighted by Gasteiger charge is 2.26. The molecule has 1 aromatic heterocycles. The van der Waals surface area contributed by atoms with Gasteiger partial charge in [0, 0.05) is 25.8 Å². The smallest absolute Gasteiger partial charge is 0.244 e. The van der Waals surface area contributed by atoms with Gasteiger partial charge in [-0.3, -0.25) is 0 Å². The minimum atomic E-state index is -3.48. The third-order valence-corrected chi connectivity index (χ3v) is 6.77. The highest BCUT2D eigenvalue weighted by atomic mass is 32.2. The summed E-state index contributed by atoms with van der Waals surface area (Å²) in [6, 6.07) is 6.97. The predicted molar refractivity (Wildman–Crippen MR) is 110 cm³/mol. The largest absolute Gasteiger partial charge is 0.493 e. The first kappa shape index (κ1) is 21.2. The van der Waals surface area contributed by atoms with E-state index in [4.69, 9.17) is 14.2 Å². The van der Waals surface area contributed by atoms with Gasteiger partial charge in [0.15, 0.2) is 11.5 Å². The number of sulfonamides is 1. The van der Waals surface area contributed by atoms with Crippen molar-refractivity contribution in [3.8, 4) is 17.2 Å². The average Bonchev–Trinajstić information content (AvgIpc) is 2.77. The number of aromatic nitrogens is 1. The number of hydrogen-bond donors (Lipinski definition) is 1. The van der Waals surface area contributed by atoms with Gasteiger partial charge in [-0.05, 0) is 42.7 Å². The lowest BCUT2D eigenvalue weighted by molar-refractivity contribution is 0.324. The molecule has 0 saturated carbocycles. The van der Waals surface area contributed by atoms with E-state index in [1.807, 2.05) is 12.1 Å². The Morgan fingerprint density at radius 2 is 1.66 bits per heavy atom. The van der Waals surface area contributed by atoms with Crippen molar-refractivity contribution in [1.82, 2.24) is 9.29 Å². The lowest BCUT2D eigenvalue weighted by atomic mass is 10.1. The molecule has 0 radical (unpaired) electrons. The van der Waals surface area contributed by atoms with Crippen molar-refractivity contribution >= 4 is 15.8 Å². The second kappa shape index (κ2) is 9.32. The van der Waals surface area contributed by atoms with E-state index in [1.54, 1.807) is 33.5 Å². The Kier molecular flexibility index (Phi) is 6.81. The van der Waals surface area contributed by atoms with Crippen LogP contribution in [0.1, 0.15) is 24.8 Å². The fourth-order valence-corrected chi connectivity index (χ4v) is 4.78. The van der Waals surface area contributed by atoms with Gasteiger partial charge in [-0.15, -0.1) is 0 Å². The maximum absolute atomic E-state index is 12.7. The third-order valence-electron chi connectivity index (χ3n) is 4.89. The molecule has 3 rings (SSSR count). The van der Waals surface area contributed by atoms with Crippen LogP contribution in [0.5, 0.6) is 17.2 Å². The highest BCUT2D eigenvalue weighted by Crippen LogP contribution is 2.38. The van der Waals surface area contributed by atoms with Gasteiger partial charge in [0.25, 0.3) is 0 Å². The maximum Gasteiger partial charge on any atom is 0.244 e. The maximum atomic E-state index is 12.7. The second-order valence-corrected chi connectivity index (χ2v) is 8.67. The Hall–Kier alpha value is -2.52. The number of rotatable bonds is 8. The zero-order valence-electron chi connectivity index (χ0n) is 17.0. The summed E-state index contributed by atoms with van der Waals surface area (Å²) in [7, 11) is 1.22. The number of nitrogens with zero attached hydrogens (tertiary/aromatic N) is 2. The van der Waals surface area contributed by atoms with Crippen molar-refractivity contribution in [2.75, 3.05) is 39.7 Å². The summed E-state index contributed by atoms with van der Waals surface area (Å²) >= 11 is 0. The molecular weight excluding hydrogens is 394 g/mol. The second-order valence-electron chi connectivity index (χ2n) is 6.73. The first-order chi connectivity index (χ1) is 14.0. The van der Waals surface area contributed by atoms with E-state index in [9.17, 15) is 8.42 Å². The fourth-order valence-electron chi connectivity index (χ4n) is 3.32. The van der Waals surface area contributed by atoms with E-state index in [2.05, 4.69) is 10.3 Å². The molecule has 8 nitrogen and oxygen atoms in total. The average molecular weight is 422 g/mol. The van der Waals surface area contributed by atoms with E-state index in [-0.39, 0.29) is 4.90 Å². The van der Waals surface area contributed by atoms with E-state index in [1.165, 1.54) is 10.5 Å². The van der Waals surface area contributed by atoms with Crippen LogP contribution >= 0.6 is 0 Å². The summed E-state index contributed by atoms with van der Waals surface area (Å²) in [5.41, 5.74) is 0.909. The van der Waals surface area contributed by atoms with Crippen molar-refractivity contribution in [3.05, 3.63) is 36.0 Å². The normalized spacial score (nSPS) is 15.0.